The Bertz CT molecular complexity index is 629. The van der Waals surface area contributed by atoms with Crippen LogP contribution in [0.5, 0.6) is 5.06 Å². The van der Waals surface area contributed by atoms with Gasteiger partial charge in [-0.3, -0.25) is 4.79 Å². The van der Waals surface area contributed by atoms with Gasteiger partial charge in [0.25, 0.3) is 0 Å². The van der Waals surface area contributed by atoms with Crippen molar-refractivity contribution in [3.05, 3.63) is 12.1 Å². The lowest BCUT2D eigenvalue weighted by Crippen LogP contribution is -2.38. The van der Waals surface area contributed by atoms with Crippen LogP contribution in [0.15, 0.2) is 16.3 Å². The fraction of sp³-hybridized carbons (Fsp3) is 0.583. The zero-order chi connectivity index (χ0) is 15.7. The molecule has 2 rings (SSSR count). The molecule has 2 N–H and O–H groups in total. The Morgan fingerprint density at radius 2 is 2.33 bits per heavy atom. The van der Waals surface area contributed by atoms with Crippen LogP contribution in [0.1, 0.15) is 19.3 Å². The van der Waals surface area contributed by atoms with Crippen LogP contribution < -0.4 is 9.46 Å². The van der Waals surface area contributed by atoms with Crippen LogP contribution in [0.25, 0.3) is 0 Å². The van der Waals surface area contributed by atoms with Gasteiger partial charge in [-0.15, -0.1) is 0 Å². The van der Waals surface area contributed by atoms with Crippen LogP contribution in [-0.2, 0) is 14.8 Å². The Kier molecular flexibility index (Phi) is 4.54. The second-order valence-electron chi connectivity index (χ2n) is 5.03. The molecule has 1 aliphatic rings. The third kappa shape index (κ3) is 3.72. The molecule has 1 aromatic heterocycles. The van der Waals surface area contributed by atoms with E-state index in [0.717, 1.165) is 11.3 Å². The SMILES string of the molecule is COc1ccc(S(=O)(=O)NC[C@@]2(F)CC[C@H](C(=O)O)C2)s1. The molecule has 6 nitrogen and oxygen atoms in total. The van der Waals surface area contributed by atoms with Crippen molar-refractivity contribution in [2.24, 2.45) is 5.92 Å². The van der Waals surface area contributed by atoms with E-state index in [0.29, 0.717) is 5.06 Å². The third-order valence-electron chi connectivity index (χ3n) is 3.50. The summed E-state index contributed by atoms with van der Waals surface area (Å²) in [6.07, 6.45) is 0.0965. The Labute approximate surface area is 126 Å². The van der Waals surface area contributed by atoms with Crippen LogP contribution in [0.3, 0.4) is 0 Å². The van der Waals surface area contributed by atoms with E-state index in [1.165, 1.54) is 19.2 Å². The first-order valence-corrected chi connectivity index (χ1v) is 8.61. The lowest BCUT2D eigenvalue weighted by Gasteiger charge is -2.19. The van der Waals surface area contributed by atoms with Crippen LogP contribution >= 0.6 is 11.3 Å². The fourth-order valence-corrected chi connectivity index (χ4v) is 4.56. The summed E-state index contributed by atoms with van der Waals surface area (Å²) in [6.45, 7) is -0.417. The molecule has 0 amide bonds. The van der Waals surface area contributed by atoms with Crippen molar-refractivity contribution in [3.8, 4) is 5.06 Å². The monoisotopic (exact) mass is 337 g/mol. The molecular formula is C12H16FNO5S2. The highest BCUT2D eigenvalue weighted by molar-refractivity contribution is 7.91. The molecule has 0 saturated heterocycles. The first-order valence-electron chi connectivity index (χ1n) is 6.31. The first kappa shape index (κ1) is 16.2. The number of thiophene rings is 1. The topological polar surface area (TPSA) is 92.7 Å². The Balaban J connectivity index is 2.00. The van der Waals surface area contributed by atoms with Gasteiger partial charge in [0.2, 0.25) is 10.0 Å². The highest BCUT2D eigenvalue weighted by Gasteiger charge is 2.43. The summed E-state index contributed by atoms with van der Waals surface area (Å²) in [5.74, 6) is -1.79. The van der Waals surface area contributed by atoms with E-state index in [1.807, 2.05) is 0 Å². The quantitative estimate of drug-likeness (QED) is 0.823. The number of hydrogen-bond acceptors (Lipinski definition) is 5. The van der Waals surface area contributed by atoms with E-state index in [1.54, 1.807) is 0 Å². The molecule has 1 heterocycles. The number of hydrogen-bond donors (Lipinski definition) is 2. The number of halogens is 1. The maximum Gasteiger partial charge on any atom is 0.306 e. The lowest BCUT2D eigenvalue weighted by molar-refractivity contribution is -0.141. The minimum absolute atomic E-state index is 0.0377. The summed E-state index contributed by atoms with van der Waals surface area (Å²) in [6, 6.07) is 2.89. The van der Waals surface area contributed by atoms with Gasteiger partial charge in [0, 0.05) is 6.54 Å². The minimum atomic E-state index is -3.81. The van der Waals surface area contributed by atoms with Crippen molar-refractivity contribution >= 4 is 27.3 Å². The molecule has 0 aromatic carbocycles. The predicted molar refractivity (Wildman–Crippen MR) is 74.9 cm³/mol. The van der Waals surface area contributed by atoms with Gasteiger partial charge >= 0.3 is 5.97 Å². The van der Waals surface area contributed by atoms with E-state index in [9.17, 15) is 17.6 Å². The molecule has 1 saturated carbocycles. The molecule has 1 aliphatic carbocycles. The number of aliphatic carboxylic acids is 1. The van der Waals surface area contributed by atoms with E-state index in [-0.39, 0.29) is 23.5 Å². The van der Waals surface area contributed by atoms with Crippen molar-refractivity contribution in [2.45, 2.75) is 29.1 Å². The normalized spacial score (nSPS) is 25.9. The Morgan fingerprint density at radius 1 is 1.62 bits per heavy atom. The molecule has 0 bridgehead atoms. The predicted octanol–water partition coefficient (Wildman–Crippen LogP) is 1.63. The van der Waals surface area contributed by atoms with E-state index < -0.39 is 34.1 Å². The number of sulfonamides is 1. The molecule has 0 unspecified atom stereocenters. The number of methoxy groups -OCH3 is 1. The van der Waals surface area contributed by atoms with Crippen molar-refractivity contribution in [3.63, 3.8) is 0 Å². The summed E-state index contributed by atoms with van der Waals surface area (Å²) in [7, 11) is -2.38. The summed E-state index contributed by atoms with van der Waals surface area (Å²) >= 11 is 0.937. The summed E-state index contributed by atoms with van der Waals surface area (Å²) in [4.78, 5) is 10.8. The lowest BCUT2D eigenvalue weighted by atomic mass is 10.0. The maximum absolute atomic E-state index is 14.4. The van der Waals surface area contributed by atoms with Crippen LogP contribution in [0.2, 0.25) is 0 Å². The van der Waals surface area contributed by atoms with E-state index in [2.05, 4.69) is 4.72 Å². The van der Waals surface area contributed by atoms with Gasteiger partial charge in [-0.25, -0.2) is 17.5 Å². The smallest absolute Gasteiger partial charge is 0.306 e. The van der Waals surface area contributed by atoms with Crippen molar-refractivity contribution in [1.29, 1.82) is 0 Å². The Morgan fingerprint density at radius 3 is 2.86 bits per heavy atom. The highest BCUT2D eigenvalue weighted by atomic mass is 32.2. The molecule has 2 atom stereocenters. The number of carbonyl (C=O) groups is 1. The van der Waals surface area contributed by atoms with Crippen molar-refractivity contribution < 1.29 is 27.4 Å². The summed E-state index contributed by atoms with van der Waals surface area (Å²) < 4.78 is 45.7. The van der Waals surface area contributed by atoms with Gasteiger partial charge in [-0.05, 0) is 31.4 Å². The molecule has 0 aliphatic heterocycles. The van der Waals surface area contributed by atoms with Crippen LogP contribution in [0.4, 0.5) is 4.39 Å². The van der Waals surface area contributed by atoms with Gasteiger partial charge in [0.15, 0.2) is 5.06 Å². The van der Waals surface area contributed by atoms with E-state index >= 15 is 0 Å². The highest BCUT2D eigenvalue weighted by Crippen LogP contribution is 2.38. The van der Waals surface area contributed by atoms with Crippen LogP contribution in [0, 0.1) is 5.92 Å². The van der Waals surface area contributed by atoms with Gasteiger partial charge < -0.3 is 9.84 Å². The number of nitrogens with one attached hydrogen (secondary N) is 1. The molecule has 1 fully saturated rings. The largest absolute Gasteiger partial charge is 0.487 e. The second kappa shape index (κ2) is 5.90. The standard InChI is InChI=1S/C12H16FNO5S2/c1-19-9-2-3-10(20-9)21(17,18)14-7-12(13)5-4-8(6-12)11(15)16/h2-3,8,14H,4-7H2,1H3,(H,15,16)/t8-,12+/m0/s1. The summed E-state index contributed by atoms with van der Waals surface area (Å²) in [5, 5.41) is 9.31. The average molecular weight is 337 g/mol. The van der Waals surface area contributed by atoms with Crippen molar-refractivity contribution in [1.82, 2.24) is 4.72 Å². The molecule has 118 valence electrons. The first-order chi connectivity index (χ1) is 9.76. The molecule has 9 heteroatoms. The zero-order valence-electron chi connectivity index (χ0n) is 11.3. The second-order valence-corrected chi connectivity index (χ2v) is 8.07. The average Bonchev–Trinajstić information content (AvgIpc) is 3.04. The number of rotatable bonds is 6. The van der Waals surface area contributed by atoms with Gasteiger partial charge in [-0.1, -0.05) is 11.3 Å². The summed E-state index contributed by atoms with van der Waals surface area (Å²) in [5.41, 5.74) is -1.81. The molecule has 1 aromatic rings. The van der Waals surface area contributed by atoms with E-state index in [4.69, 9.17) is 9.84 Å². The third-order valence-corrected chi connectivity index (χ3v) is 6.44. The van der Waals surface area contributed by atoms with Gasteiger partial charge in [0.05, 0.1) is 13.0 Å². The van der Waals surface area contributed by atoms with Gasteiger partial charge in [0.1, 0.15) is 9.88 Å². The maximum atomic E-state index is 14.4. The molecule has 21 heavy (non-hydrogen) atoms. The van der Waals surface area contributed by atoms with Crippen molar-refractivity contribution in [2.75, 3.05) is 13.7 Å². The molecular weight excluding hydrogens is 321 g/mol. The van der Waals surface area contributed by atoms with Crippen LogP contribution in [-0.4, -0.2) is 38.8 Å². The number of alkyl halides is 1. The Hall–Kier alpha value is -1.19. The number of carboxylic acids is 1. The molecule has 0 radical (unpaired) electrons. The molecule has 0 spiro atoms. The zero-order valence-corrected chi connectivity index (χ0v) is 13.0. The minimum Gasteiger partial charge on any atom is -0.487 e. The number of ether oxygens (including phenoxy) is 1. The number of carboxylic acid groups (broad SMARTS) is 1. The van der Waals surface area contributed by atoms with Gasteiger partial charge in [-0.2, -0.15) is 0 Å². The fourth-order valence-electron chi connectivity index (χ4n) is 2.30.